The average Bonchev–Trinajstić information content (AvgIpc) is 3.39. The van der Waals surface area contributed by atoms with Gasteiger partial charge in [0.2, 0.25) is 8.41 Å². The van der Waals surface area contributed by atoms with Gasteiger partial charge < -0.3 is 23.6 Å². The van der Waals surface area contributed by atoms with Gasteiger partial charge in [-0.25, -0.2) is 0 Å². The second-order valence-electron chi connectivity index (χ2n) is 12.7. The Hall–Kier alpha value is -4.02. The molecule has 1 fully saturated rings. The highest BCUT2D eigenvalue weighted by Gasteiger charge is 2.66. The van der Waals surface area contributed by atoms with E-state index in [4.69, 9.17) is 21.1 Å². The summed E-state index contributed by atoms with van der Waals surface area (Å²) in [5.41, 5.74) is 1.76. The molecule has 7 nitrogen and oxygen atoms in total. The van der Waals surface area contributed by atoms with Gasteiger partial charge in [0.15, 0.2) is 11.4 Å². The number of carbonyl (C=O) groups excluding carboxylic acids is 2. The third-order valence-corrected chi connectivity index (χ3v) is 12.2. The Morgan fingerprint density at radius 1 is 0.935 bits per heavy atom. The number of aliphatic hydroxyl groups is 1. The minimum atomic E-state index is -3.32. The Morgan fingerprint density at radius 2 is 1.67 bits per heavy atom. The summed E-state index contributed by atoms with van der Waals surface area (Å²) in [4.78, 5) is 31.9. The number of rotatable bonds is 6. The fourth-order valence-electron chi connectivity index (χ4n) is 7.62. The Kier molecular flexibility index (Phi) is 7.55. The van der Waals surface area contributed by atoms with Gasteiger partial charge in [0.25, 0.3) is 11.8 Å². The number of para-hydroxylation sites is 3. The van der Waals surface area contributed by atoms with Gasteiger partial charge in [0, 0.05) is 34.3 Å². The molecule has 0 radical (unpaired) electrons. The van der Waals surface area contributed by atoms with E-state index in [1.165, 1.54) is 0 Å². The molecule has 236 valence electrons. The summed E-state index contributed by atoms with van der Waals surface area (Å²) < 4.78 is 28.6. The van der Waals surface area contributed by atoms with Crippen LogP contribution in [0.4, 0.5) is 21.2 Å². The third-order valence-electron chi connectivity index (χ3n) is 9.49. The van der Waals surface area contributed by atoms with Gasteiger partial charge in [0.1, 0.15) is 5.75 Å². The monoisotopic (exact) mass is 656 g/mol. The highest BCUT2D eigenvalue weighted by Crippen LogP contribution is 2.60. The number of halogens is 2. The van der Waals surface area contributed by atoms with Crippen molar-refractivity contribution in [2.24, 2.45) is 5.92 Å². The number of carbonyl (C=O) groups is 2. The molecule has 10 heteroatoms. The average molecular weight is 657 g/mol. The van der Waals surface area contributed by atoms with Crippen LogP contribution in [0.15, 0.2) is 91.0 Å². The van der Waals surface area contributed by atoms with Crippen LogP contribution in [-0.4, -0.2) is 38.0 Å². The molecule has 0 aromatic heterocycles. The Bertz CT molecular complexity index is 1860. The number of hydrogen-bond acceptors (Lipinski definition) is 5. The van der Waals surface area contributed by atoms with Crippen LogP contribution in [0.25, 0.3) is 0 Å². The molecule has 3 aliphatic heterocycles. The minimum absolute atomic E-state index is 0.171. The Morgan fingerprint density at radius 3 is 2.43 bits per heavy atom. The van der Waals surface area contributed by atoms with Crippen LogP contribution in [-0.2, 0) is 21.7 Å². The maximum Gasteiger partial charge on any atom is 0.266 e. The molecule has 3 heterocycles. The first-order valence-electron chi connectivity index (χ1n) is 15.4. The lowest BCUT2D eigenvalue weighted by Gasteiger charge is -2.31. The van der Waals surface area contributed by atoms with E-state index in [-0.39, 0.29) is 31.4 Å². The first kappa shape index (κ1) is 30.6. The lowest BCUT2D eigenvalue weighted by Crippen LogP contribution is -2.45. The SMILES string of the molecule is C[C@@H]1[C@@H]([Si](C)(C)F)[C@H](CCO)O[C@@]12C(=O)N(Cc1cccc(N3C(=O)c4ccccc4Oc4ccccc43)c1)c1ccc(Cl)cc12. The van der Waals surface area contributed by atoms with Gasteiger partial charge in [-0.1, -0.05) is 54.9 Å². The smallest absolute Gasteiger partial charge is 0.266 e. The first-order chi connectivity index (χ1) is 22.0. The Balaban J connectivity index is 1.28. The molecule has 4 aromatic carbocycles. The molecule has 4 atom stereocenters. The van der Waals surface area contributed by atoms with E-state index < -0.39 is 31.6 Å². The molecule has 0 bridgehead atoms. The second kappa shape index (κ2) is 11.3. The van der Waals surface area contributed by atoms with Gasteiger partial charge in [-0.15, -0.1) is 0 Å². The maximum absolute atomic E-state index is 15.8. The number of nitrogens with zero attached hydrogens (tertiary/aromatic N) is 2. The van der Waals surface area contributed by atoms with Crippen LogP contribution in [0.1, 0.15) is 34.8 Å². The molecular weight excluding hydrogens is 623 g/mol. The van der Waals surface area contributed by atoms with Crippen LogP contribution in [0, 0.1) is 5.92 Å². The van der Waals surface area contributed by atoms with Gasteiger partial charge in [-0.3, -0.25) is 14.5 Å². The van der Waals surface area contributed by atoms with Crippen molar-refractivity contribution in [2.75, 3.05) is 16.4 Å². The third kappa shape index (κ3) is 4.76. The molecule has 46 heavy (non-hydrogen) atoms. The molecule has 0 unspecified atom stereocenters. The largest absolute Gasteiger partial charge is 0.454 e. The van der Waals surface area contributed by atoms with Crippen LogP contribution >= 0.6 is 11.6 Å². The van der Waals surface area contributed by atoms with E-state index >= 15 is 4.11 Å². The second-order valence-corrected chi connectivity index (χ2v) is 16.9. The number of hydrogen-bond donors (Lipinski definition) is 1. The van der Waals surface area contributed by atoms with Crippen molar-refractivity contribution in [1.82, 2.24) is 0 Å². The van der Waals surface area contributed by atoms with Crippen LogP contribution < -0.4 is 14.5 Å². The van der Waals surface area contributed by atoms with Crippen molar-refractivity contribution in [3.8, 4) is 11.5 Å². The van der Waals surface area contributed by atoms with Crippen molar-refractivity contribution < 1.29 is 28.3 Å². The Labute approximate surface area is 273 Å². The molecule has 1 N–H and O–H groups in total. The molecule has 4 aromatic rings. The predicted molar refractivity (Wildman–Crippen MR) is 178 cm³/mol. The van der Waals surface area contributed by atoms with E-state index in [0.717, 1.165) is 5.56 Å². The van der Waals surface area contributed by atoms with Gasteiger partial charge >= 0.3 is 0 Å². The first-order valence-corrected chi connectivity index (χ1v) is 18.8. The van der Waals surface area contributed by atoms with E-state index in [1.807, 2.05) is 61.5 Å². The highest BCUT2D eigenvalue weighted by molar-refractivity contribution is 6.72. The van der Waals surface area contributed by atoms with Gasteiger partial charge in [-0.2, -0.15) is 0 Å². The van der Waals surface area contributed by atoms with Gasteiger partial charge in [0.05, 0.1) is 29.6 Å². The quantitative estimate of drug-likeness (QED) is 0.167. The van der Waals surface area contributed by atoms with Crippen molar-refractivity contribution >= 4 is 48.9 Å². The summed E-state index contributed by atoms with van der Waals surface area (Å²) in [6.07, 6.45) is -0.370. The zero-order valence-electron chi connectivity index (χ0n) is 25.7. The summed E-state index contributed by atoms with van der Waals surface area (Å²) in [6, 6.07) is 27.3. The molecule has 1 saturated heterocycles. The molecule has 3 aliphatic rings. The standard InChI is InChI=1S/C36H34ClFN2O5Si/c1-22-33(46(2,3)38)32(17-18-41)45-36(22)27-20-24(37)15-16-28(27)39(35(36)43)21-23-9-8-10-25(19-23)40-29-12-5-7-14-31(29)44-30-13-6-4-11-26(30)34(40)42/h4-16,19-20,22,32-33,41H,17-18,21H2,1-3H3/t22-,32+,33-,36+/m1/s1. The number of aliphatic hydroxyl groups excluding tert-OH is 1. The van der Waals surface area contributed by atoms with Crippen molar-refractivity contribution in [3.05, 3.63) is 113 Å². The maximum atomic E-state index is 15.8. The zero-order valence-corrected chi connectivity index (χ0v) is 27.5. The van der Waals surface area contributed by atoms with E-state index in [2.05, 4.69) is 0 Å². The number of ether oxygens (including phenoxy) is 2. The zero-order chi connectivity index (χ0) is 32.4. The van der Waals surface area contributed by atoms with E-state index in [9.17, 15) is 14.7 Å². The van der Waals surface area contributed by atoms with Crippen LogP contribution in [0.2, 0.25) is 23.7 Å². The molecule has 2 amide bonds. The number of benzene rings is 4. The highest BCUT2D eigenvalue weighted by atomic mass is 35.5. The molecule has 0 saturated carbocycles. The number of amides is 2. The lowest BCUT2D eigenvalue weighted by molar-refractivity contribution is -0.146. The lowest BCUT2D eigenvalue weighted by atomic mass is 9.82. The van der Waals surface area contributed by atoms with Crippen molar-refractivity contribution in [3.63, 3.8) is 0 Å². The fraction of sp³-hybridized carbons (Fsp3) is 0.278. The van der Waals surface area contributed by atoms with Crippen molar-refractivity contribution in [2.45, 2.75) is 50.2 Å². The normalized spacial score (nSPS) is 23.7. The minimum Gasteiger partial charge on any atom is -0.454 e. The summed E-state index contributed by atoms with van der Waals surface area (Å²) in [6.45, 7) is 5.16. The van der Waals surface area contributed by atoms with E-state index in [0.29, 0.717) is 44.7 Å². The summed E-state index contributed by atoms with van der Waals surface area (Å²) in [5, 5.41) is 10.3. The molecule has 0 aliphatic carbocycles. The predicted octanol–water partition coefficient (Wildman–Crippen LogP) is 8.13. The summed E-state index contributed by atoms with van der Waals surface area (Å²) in [5.74, 6) is 0.0196. The number of fused-ring (bicyclic) bond motifs is 4. The van der Waals surface area contributed by atoms with Crippen molar-refractivity contribution in [1.29, 1.82) is 0 Å². The van der Waals surface area contributed by atoms with Gasteiger partial charge in [-0.05, 0) is 79.7 Å². The molecule has 1 spiro atoms. The molecule has 7 rings (SSSR count). The number of anilines is 3. The molecular formula is C36H34ClFN2O5Si. The van der Waals surface area contributed by atoms with E-state index in [1.54, 1.807) is 59.3 Å². The summed E-state index contributed by atoms with van der Waals surface area (Å²) in [7, 11) is -3.32. The van der Waals surface area contributed by atoms with Crippen LogP contribution in [0.3, 0.4) is 0 Å². The fourth-order valence-corrected chi connectivity index (χ4v) is 10.3. The topological polar surface area (TPSA) is 79.3 Å². The summed E-state index contributed by atoms with van der Waals surface area (Å²) >= 11 is 6.48. The van der Waals surface area contributed by atoms with Crippen LogP contribution in [0.5, 0.6) is 11.5 Å².